The Morgan fingerprint density at radius 3 is 2.31 bits per heavy atom. The SMILES string of the molecule is CCC1CCC(CC(=O)O)C1CC. The highest BCUT2D eigenvalue weighted by Crippen LogP contribution is 2.42. The van der Waals surface area contributed by atoms with E-state index in [0.29, 0.717) is 18.3 Å². The lowest BCUT2D eigenvalue weighted by atomic mass is 9.84. The molecule has 1 N–H and O–H groups in total. The summed E-state index contributed by atoms with van der Waals surface area (Å²) in [6.45, 7) is 4.41. The van der Waals surface area contributed by atoms with Crippen LogP contribution in [0.3, 0.4) is 0 Å². The van der Waals surface area contributed by atoms with E-state index in [-0.39, 0.29) is 0 Å². The van der Waals surface area contributed by atoms with Crippen molar-refractivity contribution < 1.29 is 9.90 Å². The van der Waals surface area contributed by atoms with E-state index in [9.17, 15) is 4.79 Å². The van der Waals surface area contributed by atoms with E-state index in [2.05, 4.69) is 13.8 Å². The van der Waals surface area contributed by atoms with Crippen LogP contribution in [0.2, 0.25) is 0 Å². The van der Waals surface area contributed by atoms with Crippen molar-refractivity contribution in [3.8, 4) is 0 Å². The molecule has 1 aliphatic carbocycles. The van der Waals surface area contributed by atoms with Gasteiger partial charge in [-0.2, -0.15) is 0 Å². The van der Waals surface area contributed by atoms with Gasteiger partial charge in [0.05, 0.1) is 0 Å². The summed E-state index contributed by atoms with van der Waals surface area (Å²) in [6.07, 6.45) is 5.12. The number of carboxylic acid groups (broad SMARTS) is 1. The number of rotatable bonds is 4. The molecular formula is C11H20O2. The Hall–Kier alpha value is -0.530. The van der Waals surface area contributed by atoms with Crippen molar-refractivity contribution in [3.05, 3.63) is 0 Å². The Morgan fingerprint density at radius 2 is 1.85 bits per heavy atom. The fraction of sp³-hybridized carbons (Fsp3) is 0.909. The third-order valence-corrected chi connectivity index (χ3v) is 3.55. The molecule has 1 saturated carbocycles. The van der Waals surface area contributed by atoms with Crippen LogP contribution in [0, 0.1) is 17.8 Å². The van der Waals surface area contributed by atoms with Crippen LogP contribution in [0.5, 0.6) is 0 Å². The van der Waals surface area contributed by atoms with Gasteiger partial charge in [0.25, 0.3) is 0 Å². The van der Waals surface area contributed by atoms with Crippen LogP contribution in [-0.4, -0.2) is 11.1 Å². The third-order valence-electron chi connectivity index (χ3n) is 3.55. The molecule has 0 heterocycles. The summed E-state index contributed by atoms with van der Waals surface area (Å²) in [4.78, 5) is 10.6. The zero-order valence-electron chi connectivity index (χ0n) is 8.62. The predicted molar refractivity (Wildman–Crippen MR) is 52.5 cm³/mol. The lowest BCUT2D eigenvalue weighted by molar-refractivity contribution is -0.138. The molecule has 13 heavy (non-hydrogen) atoms. The summed E-state index contributed by atoms with van der Waals surface area (Å²) in [5.74, 6) is 1.28. The maximum Gasteiger partial charge on any atom is 0.303 e. The minimum atomic E-state index is -0.625. The fourth-order valence-electron chi connectivity index (χ4n) is 2.89. The van der Waals surface area contributed by atoms with E-state index in [1.54, 1.807) is 0 Å². The molecule has 0 amide bonds. The van der Waals surface area contributed by atoms with Gasteiger partial charge < -0.3 is 5.11 Å². The molecule has 0 aliphatic heterocycles. The van der Waals surface area contributed by atoms with E-state index >= 15 is 0 Å². The molecule has 0 aromatic rings. The first-order valence-corrected chi connectivity index (χ1v) is 5.40. The fourth-order valence-corrected chi connectivity index (χ4v) is 2.89. The maximum absolute atomic E-state index is 10.6. The molecule has 1 fully saturated rings. The van der Waals surface area contributed by atoms with Gasteiger partial charge in [-0.25, -0.2) is 0 Å². The topological polar surface area (TPSA) is 37.3 Å². The molecule has 0 aromatic carbocycles. The highest BCUT2D eigenvalue weighted by molar-refractivity contribution is 5.67. The third kappa shape index (κ3) is 2.45. The van der Waals surface area contributed by atoms with Gasteiger partial charge in [0.15, 0.2) is 0 Å². The molecule has 0 bridgehead atoms. The van der Waals surface area contributed by atoms with Crippen molar-refractivity contribution >= 4 is 5.97 Å². The molecule has 1 rings (SSSR count). The van der Waals surface area contributed by atoms with Crippen LogP contribution in [0.4, 0.5) is 0 Å². The van der Waals surface area contributed by atoms with E-state index in [4.69, 9.17) is 5.11 Å². The summed E-state index contributed by atoms with van der Waals surface area (Å²) in [5, 5.41) is 8.75. The molecule has 0 radical (unpaired) electrons. The lowest BCUT2D eigenvalue weighted by Crippen LogP contribution is -2.16. The molecule has 1 aliphatic rings. The molecule has 0 saturated heterocycles. The number of carboxylic acids is 1. The van der Waals surface area contributed by atoms with Gasteiger partial charge in [-0.05, 0) is 30.6 Å². The Kier molecular flexibility index (Phi) is 3.76. The summed E-state index contributed by atoms with van der Waals surface area (Å²) >= 11 is 0. The zero-order valence-corrected chi connectivity index (χ0v) is 8.62. The van der Waals surface area contributed by atoms with Gasteiger partial charge in [-0.3, -0.25) is 4.79 Å². The quantitative estimate of drug-likeness (QED) is 0.729. The van der Waals surface area contributed by atoms with Crippen molar-refractivity contribution in [1.82, 2.24) is 0 Å². The van der Waals surface area contributed by atoms with Crippen molar-refractivity contribution in [2.45, 2.75) is 46.0 Å². The summed E-state index contributed by atoms with van der Waals surface area (Å²) in [5.41, 5.74) is 0. The smallest absolute Gasteiger partial charge is 0.303 e. The standard InChI is InChI=1S/C11H20O2/c1-3-8-5-6-9(7-11(12)13)10(8)4-2/h8-10H,3-7H2,1-2H3,(H,12,13). The van der Waals surface area contributed by atoms with Crippen LogP contribution in [0.25, 0.3) is 0 Å². The number of hydrogen-bond donors (Lipinski definition) is 1. The van der Waals surface area contributed by atoms with Crippen molar-refractivity contribution in [1.29, 1.82) is 0 Å². The molecule has 2 heteroatoms. The minimum Gasteiger partial charge on any atom is -0.481 e. The average Bonchev–Trinajstić information content (AvgIpc) is 2.45. The van der Waals surface area contributed by atoms with Gasteiger partial charge >= 0.3 is 5.97 Å². The van der Waals surface area contributed by atoms with Gasteiger partial charge in [0.2, 0.25) is 0 Å². The normalized spacial score (nSPS) is 33.5. The predicted octanol–water partition coefficient (Wildman–Crippen LogP) is 2.92. The monoisotopic (exact) mass is 184 g/mol. The zero-order chi connectivity index (χ0) is 9.84. The second-order valence-corrected chi connectivity index (χ2v) is 4.18. The first kappa shape index (κ1) is 10.6. The molecule has 0 spiro atoms. The summed E-state index contributed by atoms with van der Waals surface area (Å²) in [6, 6.07) is 0. The Labute approximate surface area is 80.3 Å². The van der Waals surface area contributed by atoms with Crippen LogP contribution in [0.1, 0.15) is 46.0 Å². The molecule has 0 aromatic heterocycles. The van der Waals surface area contributed by atoms with Crippen molar-refractivity contribution in [3.63, 3.8) is 0 Å². The highest BCUT2D eigenvalue weighted by atomic mass is 16.4. The molecule has 76 valence electrons. The molecular weight excluding hydrogens is 164 g/mol. The van der Waals surface area contributed by atoms with Crippen molar-refractivity contribution in [2.24, 2.45) is 17.8 Å². The van der Waals surface area contributed by atoms with Crippen LogP contribution in [0.15, 0.2) is 0 Å². The van der Waals surface area contributed by atoms with E-state index in [0.717, 1.165) is 18.8 Å². The van der Waals surface area contributed by atoms with Gasteiger partial charge in [-0.1, -0.05) is 26.7 Å². The maximum atomic E-state index is 10.6. The average molecular weight is 184 g/mol. The summed E-state index contributed by atoms with van der Waals surface area (Å²) in [7, 11) is 0. The van der Waals surface area contributed by atoms with Gasteiger partial charge in [0.1, 0.15) is 0 Å². The Bertz CT molecular complexity index is 177. The number of carbonyl (C=O) groups is 1. The number of hydrogen-bond acceptors (Lipinski definition) is 1. The largest absolute Gasteiger partial charge is 0.481 e. The molecule has 3 unspecified atom stereocenters. The lowest BCUT2D eigenvalue weighted by Gasteiger charge is -2.21. The Morgan fingerprint density at radius 1 is 1.23 bits per heavy atom. The second kappa shape index (κ2) is 4.64. The highest BCUT2D eigenvalue weighted by Gasteiger charge is 2.34. The second-order valence-electron chi connectivity index (χ2n) is 4.18. The molecule has 3 atom stereocenters. The minimum absolute atomic E-state index is 0.384. The number of aliphatic carboxylic acids is 1. The van der Waals surface area contributed by atoms with Crippen molar-refractivity contribution in [2.75, 3.05) is 0 Å². The van der Waals surface area contributed by atoms with Crippen LogP contribution in [-0.2, 0) is 4.79 Å². The van der Waals surface area contributed by atoms with Gasteiger partial charge in [-0.15, -0.1) is 0 Å². The Balaban J connectivity index is 2.51. The summed E-state index contributed by atoms with van der Waals surface area (Å²) < 4.78 is 0. The van der Waals surface area contributed by atoms with E-state index in [1.807, 2.05) is 0 Å². The van der Waals surface area contributed by atoms with Gasteiger partial charge in [0, 0.05) is 6.42 Å². The first-order valence-electron chi connectivity index (χ1n) is 5.40. The molecule has 2 nitrogen and oxygen atoms in total. The van der Waals surface area contributed by atoms with E-state index in [1.165, 1.54) is 12.8 Å². The van der Waals surface area contributed by atoms with E-state index < -0.39 is 5.97 Å². The van der Waals surface area contributed by atoms with Crippen LogP contribution < -0.4 is 0 Å². The van der Waals surface area contributed by atoms with Crippen LogP contribution >= 0.6 is 0 Å². The first-order chi connectivity index (χ1) is 6.19.